The standard InChI is InChI=1S/C23H16BrN3O3/c1-15-10-12-17(13-11-15)26-22(18-7-3-4-8-19(18)24)25-20(23(26)28)14-16-6-2-5-9-21(16)27(29)30/h2-14H,1H3/b20-14+. The molecule has 0 aromatic heterocycles. The summed E-state index contributed by atoms with van der Waals surface area (Å²) in [6, 6.07) is 21.3. The first-order chi connectivity index (χ1) is 14.5. The molecule has 1 aliphatic heterocycles. The Bertz CT molecular complexity index is 1220. The number of amidine groups is 1. The molecule has 6 nitrogen and oxygen atoms in total. The summed E-state index contributed by atoms with van der Waals surface area (Å²) in [5, 5.41) is 11.4. The molecule has 148 valence electrons. The van der Waals surface area contributed by atoms with Crippen molar-refractivity contribution in [2.45, 2.75) is 6.92 Å². The second-order valence-corrected chi connectivity index (χ2v) is 7.59. The van der Waals surface area contributed by atoms with E-state index in [-0.39, 0.29) is 17.3 Å². The number of hydrogen-bond donors (Lipinski definition) is 0. The van der Waals surface area contributed by atoms with Crippen molar-refractivity contribution in [3.05, 3.63) is 110 Å². The molecule has 0 aliphatic carbocycles. The Morgan fingerprint density at radius 1 is 1.00 bits per heavy atom. The van der Waals surface area contributed by atoms with Gasteiger partial charge in [-0.15, -0.1) is 0 Å². The molecule has 7 heteroatoms. The third-order valence-electron chi connectivity index (χ3n) is 4.69. The first kappa shape index (κ1) is 19.7. The van der Waals surface area contributed by atoms with Crippen LogP contribution < -0.4 is 4.90 Å². The normalized spacial score (nSPS) is 14.9. The molecular formula is C23H16BrN3O3. The highest BCUT2D eigenvalue weighted by Crippen LogP contribution is 2.31. The second kappa shape index (κ2) is 8.04. The molecule has 0 atom stereocenters. The van der Waals surface area contributed by atoms with Gasteiger partial charge in [-0.1, -0.05) is 64.0 Å². The van der Waals surface area contributed by atoms with Crippen LogP contribution in [0.4, 0.5) is 11.4 Å². The summed E-state index contributed by atoms with van der Waals surface area (Å²) >= 11 is 3.53. The summed E-state index contributed by atoms with van der Waals surface area (Å²) in [4.78, 5) is 30.3. The van der Waals surface area contributed by atoms with Crippen LogP contribution in [0.5, 0.6) is 0 Å². The Morgan fingerprint density at radius 2 is 1.67 bits per heavy atom. The number of amides is 1. The Morgan fingerprint density at radius 3 is 2.37 bits per heavy atom. The van der Waals surface area contributed by atoms with E-state index in [0.717, 1.165) is 15.6 Å². The summed E-state index contributed by atoms with van der Waals surface area (Å²) in [5.74, 6) is 0.115. The van der Waals surface area contributed by atoms with Crippen LogP contribution in [-0.2, 0) is 4.79 Å². The lowest BCUT2D eigenvalue weighted by molar-refractivity contribution is -0.385. The fourth-order valence-corrected chi connectivity index (χ4v) is 3.66. The number of benzene rings is 3. The SMILES string of the molecule is Cc1ccc(N2C(=O)/C(=C\c3ccccc3[N+](=O)[O-])N=C2c2ccccc2Br)cc1. The molecular weight excluding hydrogens is 446 g/mol. The van der Waals surface area contributed by atoms with Crippen molar-refractivity contribution >= 4 is 45.1 Å². The Kier molecular flexibility index (Phi) is 5.29. The number of nitro benzene ring substituents is 1. The van der Waals surface area contributed by atoms with Gasteiger partial charge in [-0.25, -0.2) is 4.99 Å². The quantitative estimate of drug-likeness (QED) is 0.292. The van der Waals surface area contributed by atoms with Gasteiger partial charge in [0.25, 0.3) is 11.6 Å². The van der Waals surface area contributed by atoms with Gasteiger partial charge in [0.2, 0.25) is 0 Å². The maximum absolute atomic E-state index is 13.3. The largest absolute Gasteiger partial charge is 0.282 e. The zero-order valence-corrected chi connectivity index (χ0v) is 17.5. The van der Waals surface area contributed by atoms with E-state index in [2.05, 4.69) is 20.9 Å². The topological polar surface area (TPSA) is 75.8 Å². The molecule has 0 bridgehead atoms. The van der Waals surface area contributed by atoms with E-state index in [0.29, 0.717) is 17.1 Å². The zero-order valence-electron chi connectivity index (χ0n) is 15.9. The molecule has 30 heavy (non-hydrogen) atoms. The van der Waals surface area contributed by atoms with Gasteiger partial charge in [-0.3, -0.25) is 19.8 Å². The first-order valence-corrected chi connectivity index (χ1v) is 9.95. The van der Waals surface area contributed by atoms with Gasteiger partial charge in [-0.05, 0) is 37.3 Å². The number of hydrogen-bond acceptors (Lipinski definition) is 4. The van der Waals surface area contributed by atoms with Crippen molar-refractivity contribution in [3.63, 3.8) is 0 Å². The molecule has 0 fully saturated rings. The Hall–Kier alpha value is -3.58. The molecule has 0 spiro atoms. The van der Waals surface area contributed by atoms with Gasteiger partial charge in [0.05, 0.1) is 16.2 Å². The summed E-state index contributed by atoms with van der Waals surface area (Å²) in [6.07, 6.45) is 1.46. The fraction of sp³-hybridized carbons (Fsp3) is 0.0435. The molecule has 1 heterocycles. The van der Waals surface area contributed by atoms with Crippen LogP contribution in [0.2, 0.25) is 0 Å². The van der Waals surface area contributed by atoms with Crippen LogP contribution in [0, 0.1) is 17.0 Å². The number of nitro groups is 1. The highest BCUT2D eigenvalue weighted by atomic mass is 79.9. The predicted molar refractivity (Wildman–Crippen MR) is 120 cm³/mol. The van der Waals surface area contributed by atoms with Crippen molar-refractivity contribution in [2.75, 3.05) is 4.90 Å². The van der Waals surface area contributed by atoms with Gasteiger partial charge in [0.1, 0.15) is 11.5 Å². The molecule has 3 aromatic rings. The summed E-state index contributed by atoms with van der Waals surface area (Å²) in [7, 11) is 0. The third kappa shape index (κ3) is 3.67. The van der Waals surface area contributed by atoms with E-state index in [1.165, 1.54) is 17.0 Å². The van der Waals surface area contributed by atoms with E-state index in [9.17, 15) is 14.9 Å². The Labute approximate surface area is 181 Å². The van der Waals surface area contributed by atoms with Gasteiger partial charge in [-0.2, -0.15) is 0 Å². The number of halogens is 1. The average Bonchev–Trinajstić information content (AvgIpc) is 3.05. The van der Waals surface area contributed by atoms with E-state index in [1.54, 1.807) is 18.2 Å². The molecule has 4 rings (SSSR count). The molecule has 0 saturated carbocycles. The number of anilines is 1. The van der Waals surface area contributed by atoms with Crippen LogP contribution >= 0.6 is 15.9 Å². The minimum absolute atomic E-state index is 0.0794. The van der Waals surface area contributed by atoms with Crippen LogP contribution in [0.15, 0.2) is 88.0 Å². The lowest BCUT2D eigenvalue weighted by Crippen LogP contribution is -2.32. The molecule has 1 amide bonds. The molecule has 0 N–H and O–H groups in total. The Balaban J connectivity index is 1.88. The number of nitrogens with zero attached hydrogens (tertiary/aromatic N) is 3. The van der Waals surface area contributed by atoms with Gasteiger partial charge >= 0.3 is 0 Å². The summed E-state index contributed by atoms with van der Waals surface area (Å²) < 4.78 is 0.792. The van der Waals surface area contributed by atoms with Crippen molar-refractivity contribution in [2.24, 2.45) is 4.99 Å². The first-order valence-electron chi connectivity index (χ1n) is 9.15. The average molecular weight is 462 g/mol. The van der Waals surface area contributed by atoms with Crippen molar-refractivity contribution in [3.8, 4) is 0 Å². The van der Waals surface area contributed by atoms with Crippen LogP contribution in [0.1, 0.15) is 16.7 Å². The van der Waals surface area contributed by atoms with E-state index < -0.39 is 4.92 Å². The second-order valence-electron chi connectivity index (χ2n) is 6.74. The highest BCUT2D eigenvalue weighted by molar-refractivity contribution is 9.10. The highest BCUT2D eigenvalue weighted by Gasteiger charge is 2.33. The lowest BCUT2D eigenvalue weighted by Gasteiger charge is -2.19. The van der Waals surface area contributed by atoms with Crippen LogP contribution in [0.25, 0.3) is 6.08 Å². The monoisotopic (exact) mass is 461 g/mol. The van der Waals surface area contributed by atoms with Gasteiger partial charge < -0.3 is 0 Å². The van der Waals surface area contributed by atoms with E-state index >= 15 is 0 Å². The van der Waals surface area contributed by atoms with Gasteiger partial charge in [0.15, 0.2) is 0 Å². The van der Waals surface area contributed by atoms with Crippen molar-refractivity contribution in [1.82, 2.24) is 0 Å². The number of aryl methyl sites for hydroxylation is 1. The molecule has 1 aliphatic rings. The molecule has 3 aromatic carbocycles. The van der Waals surface area contributed by atoms with Gasteiger partial charge in [0, 0.05) is 16.1 Å². The number of aliphatic imine (C=N–C) groups is 1. The molecule has 0 radical (unpaired) electrons. The maximum Gasteiger partial charge on any atom is 0.282 e. The predicted octanol–water partition coefficient (Wildman–Crippen LogP) is 5.50. The number of rotatable bonds is 4. The van der Waals surface area contributed by atoms with Crippen molar-refractivity contribution < 1.29 is 9.72 Å². The molecule has 0 unspecified atom stereocenters. The number of carbonyl (C=O) groups is 1. The number of carbonyl (C=O) groups excluding carboxylic acids is 1. The van der Waals surface area contributed by atoms with E-state index in [1.807, 2.05) is 55.5 Å². The summed E-state index contributed by atoms with van der Waals surface area (Å²) in [6.45, 7) is 1.97. The summed E-state index contributed by atoms with van der Waals surface area (Å²) in [5.41, 5.74) is 2.87. The zero-order chi connectivity index (χ0) is 21.3. The lowest BCUT2D eigenvalue weighted by atomic mass is 10.1. The minimum Gasteiger partial charge on any atom is -0.266 e. The maximum atomic E-state index is 13.3. The van der Waals surface area contributed by atoms with Crippen LogP contribution in [0.3, 0.4) is 0 Å². The van der Waals surface area contributed by atoms with Crippen molar-refractivity contribution in [1.29, 1.82) is 0 Å². The molecule has 0 saturated heterocycles. The van der Waals surface area contributed by atoms with Crippen LogP contribution in [-0.4, -0.2) is 16.7 Å². The third-order valence-corrected chi connectivity index (χ3v) is 5.38. The smallest absolute Gasteiger partial charge is 0.266 e. The fourth-order valence-electron chi connectivity index (χ4n) is 3.20. The number of para-hydroxylation sites is 1. The van der Waals surface area contributed by atoms with E-state index in [4.69, 9.17) is 0 Å². The minimum atomic E-state index is -0.470.